The summed E-state index contributed by atoms with van der Waals surface area (Å²) in [4.78, 5) is 0.285. The molecule has 0 saturated carbocycles. The first-order chi connectivity index (χ1) is 8.94. The predicted octanol–water partition coefficient (Wildman–Crippen LogP) is 0.865. The molecule has 1 aliphatic rings. The highest BCUT2D eigenvalue weighted by atomic mass is 32.2. The fourth-order valence-corrected chi connectivity index (χ4v) is 3.74. The van der Waals surface area contributed by atoms with Crippen molar-refractivity contribution in [2.75, 3.05) is 19.4 Å². The Hall–Kier alpha value is -1.18. The number of nitrogens with zero attached hydrogens (tertiary/aromatic N) is 1. The molecule has 0 amide bonds. The van der Waals surface area contributed by atoms with Crippen molar-refractivity contribution in [2.45, 2.75) is 13.0 Å². The molecule has 0 aliphatic carbocycles. The topological polar surface area (TPSA) is 72.6 Å². The number of rotatable bonds is 4. The molecule has 2 rings (SSSR count). The normalized spacial score (nSPS) is 18.4. The third-order valence-electron chi connectivity index (χ3n) is 3.11. The third kappa shape index (κ3) is 3.05. The van der Waals surface area contributed by atoms with Gasteiger partial charge in [-0.25, -0.2) is 8.42 Å². The van der Waals surface area contributed by atoms with E-state index in [1.807, 2.05) is 0 Å². The van der Waals surface area contributed by atoms with E-state index in [0.29, 0.717) is 30.8 Å². The van der Waals surface area contributed by atoms with Crippen LogP contribution in [-0.4, -0.2) is 37.1 Å². The molecule has 2 N–H and O–H groups in total. The zero-order valence-electron chi connectivity index (χ0n) is 10.6. The van der Waals surface area contributed by atoms with E-state index in [0.717, 1.165) is 5.56 Å². The van der Waals surface area contributed by atoms with Gasteiger partial charge in [0.2, 0.25) is 10.0 Å². The van der Waals surface area contributed by atoms with Crippen molar-refractivity contribution >= 4 is 27.2 Å². The molecule has 1 aliphatic heterocycles. The van der Waals surface area contributed by atoms with Crippen LogP contribution < -0.4 is 10.5 Å². The van der Waals surface area contributed by atoms with Crippen molar-refractivity contribution in [3.05, 3.63) is 29.3 Å². The summed E-state index contributed by atoms with van der Waals surface area (Å²) in [6.07, 6.45) is 0.666. The van der Waals surface area contributed by atoms with Crippen molar-refractivity contribution < 1.29 is 13.2 Å². The molecule has 0 unspecified atom stereocenters. The van der Waals surface area contributed by atoms with E-state index in [1.54, 1.807) is 25.3 Å². The van der Waals surface area contributed by atoms with Gasteiger partial charge in [-0.05, 0) is 24.6 Å². The third-order valence-corrected chi connectivity index (χ3v) is 5.25. The minimum Gasteiger partial charge on any atom is -0.496 e. The second kappa shape index (κ2) is 5.44. The van der Waals surface area contributed by atoms with E-state index < -0.39 is 10.0 Å². The molecule has 104 valence electrons. The van der Waals surface area contributed by atoms with E-state index in [1.165, 1.54) is 4.31 Å². The average molecular weight is 300 g/mol. The van der Waals surface area contributed by atoms with Gasteiger partial charge in [0.1, 0.15) is 10.7 Å². The van der Waals surface area contributed by atoms with Crippen LogP contribution in [0.15, 0.2) is 18.2 Å². The minimum absolute atomic E-state index is 0.213. The van der Waals surface area contributed by atoms with Crippen molar-refractivity contribution in [3.63, 3.8) is 0 Å². The zero-order valence-corrected chi connectivity index (χ0v) is 12.3. The molecule has 0 aromatic heterocycles. The van der Waals surface area contributed by atoms with Crippen LogP contribution >= 0.6 is 12.2 Å². The molecule has 7 heteroatoms. The zero-order chi connectivity index (χ0) is 14.0. The second-order valence-electron chi connectivity index (χ2n) is 4.39. The van der Waals surface area contributed by atoms with Gasteiger partial charge in [-0.2, -0.15) is 4.31 Å². The summed E-state index contributed by atoms with van der Waals surface area (Å²) in [6.45, 7) is 0.838. The molecule has 0 bridgehead atoms. The number of ether oxygens (including phenoxy) is 1. The number of sulfonamides is 1. The van der Waals surface area contributed by atoms with Crippen LogP contribution in [0.5, 0.6) is 5.75 Å². The smallest absolute Gasteiger partial charge is 0.214 e. The van der Waals surface area contributed by atoms with Crippen molar-refractivity contribution in [1.82, 2.24) is 4.31 Å². The fraction of sp³-hybridized carbons (Fsp3) is 0.417. The Morgan fingerprint density at radius 3 is 2.79 bits per heavy atom. The Morgan fingerprint density at radius 2 is 2.26 bits per heavy atom. The average Bonchev–Trinajstić information content (AvgIpc) is 2.68. The standard InChI is InChI=1S/C12H16N2O3S2/c1-17-11-4-3-9(12(13)18)7-10(11)8-14-5-2-6-19(14,15)16/h3-4,7H,2,5-6,8H2,1H3,(H2,13,18). The van der Waals surface area contributed by atoms with Gasteiger partial charge in [0.05, 0.1) is 12.9 Å². The van der Waals surface area contributed by atoms with Gasteiger partial charge >= 0.3 is 0 Å². The Morgan fingerprint density at radius 1 is 1.53 bits per heavy atom. The minimum atomic E-state index is -3.13. The maximum atomic E-state index is 11.8. The molecule has 1 saturated heterocycles. The first kappa shape index (κ1) is 14.2. The maximum absolute atomic E-state index is 11.8. The summed E-state index contributed by atoms with van der Waals surface area (Å²) in [5.41, 5.74) is 7.08. The van der Waals surface area contributed by atoms with Crippen LogP contribution in [0.2, 0.25) is 0 Å². The molecular formula is C12H16N2O3S2. The lowest BCUT2D eigenvalue weighted by molar-refractivity contribution is 0.391. The van der Waals surface area contributed by atoms with Gasteiger partial charge in [-0.3, -0.25) is 0 Å². The summed E-state index contributed by atoms with van der Waals surface area (Å²) in [7, 11) is -1.58. The number of hydrogen-bond donors (Lipinski definition) is 1. The highest BCUT2D eigenvalue weighted by molar-refractivity contribution is 7.89. The highest BCUT2D eigenvalue weighted by Gasteiger charge is 2.28. The van der Waals surface area contributed by atoms with Crippen LogP contribution in [0.1, 0.15) is 17.5 Å². The van der Waals surface area contributed by atoms with Gasteiger partial charge in [0.15, 0.2) is 0 Å². The monoisotopic (exact) mass is 300 g/mol. The maximum Gasteiger partial charge on any atom is 0.214 e. The molecule has 0 spiro atoms. The van der Waals surface area contributed by atoms with Gasteiger partial charge in [0.25, 0.3) is 0 Å². The number of hydrogen-bond acceptors (Lipinski definition) is 4. The summed E-state index contributed by atoms with van der Waals surface area (Å²) in [5.74, 6) is 0.853. The van der Waals surface area contributed by atoms with Gasteiger partial charge in [-0.15, -0.1) is 0 Å². The molecule has 19 heavy (non-hydrogen) atoms. The van der Waals surface area contributed by atoms with Crippen LogP contribution in [0, 0.1) is 0 Å². The van der Waals surface area contributed by atoms with E-state index >= 15 is 0 Å². The van der Waals surface area contributed by atoms with Crippen molar-refractivity contribution in [1.29, 1.82) is 0 Å². The molecular weight excluding hydrogens is 284 g/mol. The van der Waals surface area contributed by atoms with Crippen LogP contribution in [0.4, 0.5) is 0 Å². The second-order valence-corrected chi connectivity index (χ2v) is 6.92. The summed E-state index contributed by atoms with van der Waals surface area (Å²) in [6, 6.07) is 5.31. The Labute approximate surface area is 118 Å². The van der Waals surface area contributed by atoms with Gasteiger partial charge in [-0.1, -0.05) is 12.2 Å². The number of benzene rings is 1. The lowest BCUT2D eigenvalue weighted by Gasteiger charge is -2.17. The molecule has 0 atom stereocenters. The fourth-order valence-electron chi connectivity index (χ4n) is 2.11. The van der Waals surface area contributed by atoms with Gasteiger partial charge in [0, 0.05) is 24.2 Å². The SMILES string of the molecule is COc1ccc(C(N)=S)cc1CN1CCCS1(=O)=O. The molecule has 5 nitrogen and oxygen atoms in total. The Balaban J connectivity index is 2.32. The molecule has 1 heterocycles. The van der Waals surface area contributed by atoms with Crippen molar-refractivity contribution in [3.8, 4) is 5.75 Å². The number of thiocarbonyl (C=S) groups is 1. The first-order valence-corrected chi connectivity index (χ1v) is 7.90. The van der Waals surface area contributed by atoms with Crippen LogP contribution in [0.25, 0.3) is 0 Å². The Bertz CT molecular complexity index is 599. The van der Waals surface area contributed by atoms with Crippen molar-refractivity contribution in [2.24, 2.45) is 5.73 Å². The quantitative estimate of drug-likeness (QED) is 0.835. The summed E-state index contributed by atoms with van der Waals surface area (Å²) >= 11 is 4.93. The Kier molecular flexibility index (Phi) is 4.07. The van der Waals surface area contributed by atoms with E-state index in [9.17, 15) is 8.42 Å². The lowest BCUT2D eigenvalue weighted by Crippen LogP contribution is -2.25. The largest absolute Gasteiger partial charge is 0.496 e. The van der Waals surface area contributed by atoms with E-state index in [4.69, 9.17) is 22.7 Å². The van der Waals surface area contributed by atoms with E-state index in [-0.39, 0.29) is 10.7 Å². The number of methoxy groups -OCH3 is 1. The first-order valence-electron chi connectivity index (χ1n) is 5.88. The van der Waals surface area contributed by atoms with Crippen LogP contribution in [-0.2, 0) is 16.6 Å². The summed E-state index contributed by atoms with van der Waals surface area (Å²) < 4.78 is 30.4. The van der Waals surface area contributed by atoms with Crippen LogP contribution in [0.3, 0.4) is 0 Å². The molecule has 1 aromatic carbocycles. The summed E-state index contributed by atoms with van der Waals surface area (Å²) in [5, 5.41) is 0. The predicted molar refractivity (Wildman–Crippen MR) is 77.7 cm³/mol. The molecule has 0 radical (unpaired) electrons. The molecule has 1 aromatic rings. The number of nitrogens with two attached hydrogens (primary N) is 1. The highest BCUT2D eigenvalue weighted by Crippen LogP contribution is 2.25. The van der Waals surface area contributed by atoms with Gasteiger partial charge < -0.3 is 10.5 Å². The lowest BCUT2D eigenvalue weighted by atomic mass is 10.1. The molecule has 1 fully saturated rings. The van der Waals surface area contributed by atoms with E-state index in [2.05, 4.69) is 0 Å².